The van der Waals surface area contributed by atoms with Gasteiger partial charge in [0.15, 0.2) is 0 Å². The lowest BCUT2D eigenvalue weighted by molar-refractivity contribution is -0.109. The zero-order valence-electron chi connectivity index (χ0n) is 18.5. The van der Waals surface area contributed by atoms with Gasteiger partial charge in [0.1, 0.15) is 11.9 Å². The average Bonchev–Trinajstić information content (AvgIpc) is 3.54. The van der Waals surface area contributed by atoms with Gasteiger partial charge in [0.2, 0.25) is 0 Å². The van der Waals surface area contributed by atoms with E-state index in [2.05, 4.69) is 16.2 Å². The SMILES string of the molecule is O=C[C@H](CC1C=CNN1)NC(=O)c1c(Cl)cc2c(c1Cl)CCN(C(=O)c1ccc3ccoc3c1)C2. The molecule has 1 aromatic heterocycles. The molecule has 3 N–H and O–H groups in total. The number of hydrogen-bond acceptors (Lipinski definition) is 6. The van der Waals surface area contributed by atoms with Crippen molar-refractivity contribution in [2.24, 2.45) is 0 Å². The van der Waals surface area contributed by atoms with E-state index >= 15 is 0 Å². The second-order valence-electron chi connectivity index (χ2n) is 8.54. The number of carbonyl (C=O) groups excluding carboxylic acids is 3. The third-order valence-electron chi connectivity index (χ3n) is 6.29. The van der Waals surface area contributed by atoms with Crippen LogP contribution >= 0.6 is 23.2 Å². The Kier molecular flexibility index (Phi) is 6.51. The maximum atomic E-state index is 13.1. The van der Waals surface area contributed by atoms with Crippen molar-refractivity contribution in [1.29, 1.82) is 0 Å². The number of nitrogens with zero attached hydrogens (tertiary/aromatic N) is 1. The molecule has 35 heavy (non-hydrogen) atoms. The molecule has 0 spiro atoms. The van der Waals surface area contributed by atoms with E-state index in [0.29, 0.717) is 43.4 Å². The molecule has 0 saturated heterocycles. The average molecular weight is 513 g/mol. The monoisotopic (exact) mass is 512 g/mol. The maximum absolute atomic E-state index is 13.1. The summed E-state index contributed by atoms with van der Waals surface area (Å²) < 4.78 is 5.42. The third kappa shape index (κ3) is 4.65. The van der Waals surface area contributed by atoms with Crippen molar-refractivity contribution in [2.45, 2.75) is 31.5 Å². The van der Waals surface area contributed by atoms with Crippen LogP contribution in [0.2, 0.25) is 10.0 Å². The molecule has 8 nitrogen and oxygen atoms in total. The van der Waals surface area contributed by atoms with Crippen LogP contribution < -0.4 is 16.2 Å². The summed E-state index contributed by atoms with van der Waals surface area (Å²) >= 11 is 13.1. The van der Waals surface area contributed by atoms with Gasteiger partial charge in [-0.2, -0.15) is 0 Å². The summed E-state index contributed by atoms with van der Waals surface area (Å²) in [6.45, 7) is 0.753. The number of aldehydes is 1. The Labute approximate surface area is 211 Å². The Morgan fingerprint density at radius 2 is 2.11 bits per heavy atom. The van der Waals surface area contributed by atoms with E-state index in [-0.39, 0.29) is 27.6 Å². The molecule has 0 saturated carbocycles. The number of benzene rings is 2. The van der Waals surface area contributed by atoms with E-state index in [1.54, 1.807) is 35.6 Å². The minimum atomic E-state index is -0.715. The fourth-order valence-corrected chi connectivity index (χ4v) is 5.24. The molecule has 3 aromatic rings. The first-order chi connectivity index (χ1) is 16.9. The molecule has 0 bridgehead atoms. The van der Waals surface area contributed by atoms with E-state index in [1.807, 2.05) is 18.2 Å². The molecule has 2 atom stereocenters. The van der Waals surface area contributed by atoms with Crippen molar-refractivity contribution in [2.75, 3.05) is 6.54 Å². The van der Waals surface area contributed by atoms with Crippen LogP contribution in [-0.4, -0.2) is 41.6 Å². The first kappa shape index (κ1) is 23.4. The summed E-state index contributed by atoms with van der Waals surface area (Å²) in [5.41, 5.74) is 8.69. The van der Waals surface area contributed by atoms with Crippen molar-refractivity contribution in [1.82, 2.24) is 21.1 Å². The van der Waals surface area contributed by atoms with E-state index in [0.717, 1.165) is 16.5 Å². The summed E-state index contributed by atoms with van der Waals surface area (Å²) in [6, 6.07) is 8.08. The van der Waals surface area contributed by atoms with Gasteiger partial charge >= 0.3 is 0 Å². The molecule has 5 rings (SSSR count). The fourth-order valence-electron chi connectivity index (χ4n) is 4.47. The second-order valence-corrected chi connectivity index (χ2v) is 9.33. The number of amides is 2. The normalized spacial score (nSPS) is 17.7. The van der Waals surface area contributed by atoms with Crippen molar-refractivity contribution in [3.05, 3.63) is 81.2 Å². The van der Waals surface area contributed by atoms with Gasteiger partial charge in [-0.1, -0.05) is 29.3 Å². The molecule has 0 radical (unpaired) electrons. The van der Waals surface area contributed by atoms with Gasteiger partial charge in [-0.05, 0) is 54.3 Å². The minimum Gasteiger partial charge on any atom is -0.464 e. The topological polar surface area (TPSA) is 104 Å². The van der Waals surface area contributed by atoms with Gasteiger partial charge in [-0.25, -0.2) is 5.43 Å². The lowest BCUT2D eigenvalue weighted by atomic mass is 9.95. The van der Waals surface area contributed by atoms with Gasteiger partial charge in [0.05, 0.1) is 27.9 Å². The number of nitrogens with one attached hydrogen (secondary N) is 3. The second kappa shape index (κ2) is 9.73. The van der Waals surface area contributed by atoms with E-state index < -0.39 is 11.9 Å². The van der Waals surface area contributed by atoms with Gasteiger partial charge < -0.3 is 24.9 Å². The van der Waals surface area contributed by atoms with Crippen molar-refractivity contribution in [3.8, 4) is 0 Å². The van der Waals surface area contributed by atoms with Crippen LogP contribution in [0, 0.1) is 0 Å². The summed E-state index contributed by atoms with van der Waals surface area (Å²) in [5.74, 6) is -0.638. The van der Waals surface area contributed by atoms with Crippen molar-refractivity contribution < 1.29 is 18.8 Å². The molecule has 10 heteroatoms. The molecule has 2 amide bonds. The van der Waals surface area contributed by atoms with E-state index in [4.69, 9.17) is 27.6 Å². The third-order valence-corrected chi connectivity index (χ3v) is 7.01. The van der Waals surface area contributed by atoms with Gasteiger partial charge in [-0.15, -0.1) is 0 Å². The zero-order valence-corrected chi connectivity index (χ0v) is 20.0. The summed E-state index contributed by atoms with van der Waals surface area (Å²) in [6.07, 6.45) is 6.72. The number of hydrogen-bond donors (Lipinski definition) is 3. The Morgan fingerprint density at radius 1 is 1.26 bits per heavy atom. The molecule has 180 valence electrons. The summed E-state index contributed by atoms with van der Waals surface area (Å²) in [5, 5.41) is 4.06. The van der Waals surface area contributed by atoms with Gasteiger partial charge in [0, 0.05) is 36.3 Å². The molecular weight excluding hydrogens is 491 g/mol. The zero-order chi connectivity index (χ0) is 24.5. The number of fused-ring (bicyclic) bond motifs is 2. The van der Waals surface area contributed by atoms with Crippen LogP contribution in [0.4, 0.5) is 0 Å². The van der Waals surface area contributed by atoms with Gasteiger partial charge in [0.25, 0.3) is 11.8 Å². The Morgan fingerprint density at radius 3 is 2.89 bits per heavy atom. The van der Waals surface area contributed by atoms with Crippen LogP contribution in [0.5, 0.6) is 0 Å². The molecule has 0 aliphatic carbocycles. The Bertz CT molecular complexity index is 1350. The molecular formula is C25H22Cl2N4O4. The number of hydrazine groups is 1. The standard InChI is InChI=1S/C25H22Cl2N4O4/c26-20-9-16-12-31(25(34)15-2-1-14-5-8-35-21(14)10-15)7-4-19(16)23(27)22(20)24(33)29-18(13-32)11-17-3-6-28-30-17/h1-3,5-6,8-10,13,17-18,28,30H,4,7,11-12H2,(H,29,33)/t17?,18-/m0/s1. The van der Waals surface area contributed by atoms with Crippen molar-refractivity contribution >= 4 is 52.3 Å². The van der Waals surface area contributed by atoms with Crippen LogP contribution in [0.15, 0.2) is 53.3 Å². The predicted octanol–water partition coefficient (Wildman–Crippen LogP) is 3.62. The quantitative estimate of drug-likeness (QED) is 0.436. The van der Waals surface area contributed by atoms with Crippen LogP contribution in [0.3, 0.4) is 0 Å². The molecule has 2 aromatic carbocycles. The van der Waals surface area contributed by atoms with E-state index in [1.165, 1.54) is 0 Å². The maximum Gasteiger partial charge on any atom is 0.254 e. The molecule has 2 aliphatic heterocycles. The summed E-state index contributed by atoms with van der Waals surface area (Å²) in [7, 11) is 0. The lowest BCUT2D eigenvalue weighted by Gasteiger charge is -2.30. The summed E-state index contributed by atoms with van der Waals surface area (Å²) in [4.78, 5) is 39.4. The number of carbonyl (C=O) groups is 3. The highest BCUT2D eigenvalue weighted by Crippen LogP contribution is 2.35. The molecule has 3 heterocycles. The number of rotatable bonds is 6. The number of halogens is 2. The smallest absolute Gasteiger partial charge is 0.254 e. The minimum absolute atomic E-state index is 0.0861. The highest BCUT2D eigenvalue weighted by molar-refractivity contribution is 6.40. The highest BCUT2D eigenvalue weighted by atomic mass is 35.5. The Balaban J connectivity index is 1.33. The first-order valence-corrected chi connectivity index (χ1v) is 11.9. The van der Waals surface area contributed by atoms with Crippen molar-refractivity contribution in [3.63, 3.8) is 0 Å². The van der Waals surface area contributed by atoms with Gasteiger partial charge in [-0.3, -0.25) is 9.59 Å². The lowest BCUT2D eigenvalue weighted by Crippen LogP contribution is -2.42. The molecule has 2 aliphatic rings. The first-order valence-electron chi connectivity index (χ1n) is 11.1. The van der Waals surface area contributed by atoms with Crippen LogP contribution in [-0.2, 0) is 17.8 Å². The highest BCUT2D eigenvalue weighted by Gasteiger charge is 2.29. The largest absolute Gasteiger partial charge is 0.464 e. The Hall–Kier alpha value is -3.33. The molecule has 0 fully saturated rings. The molecule has 1 unspecified atom stereocenters. The van der Waals surface area contributed by atoms with E-state index in [9.17, 15) is 14.4 Å². The van der Waals surface area contributed by atoms with Crippen LogP contribution in [0.1, 0.15) is 38.3 Å². The fraction of sp³-hybridized carbons (Fsp3) is 0.240. The number of furan rings is 1. The predicted molar refractivity (Wildman–Crippen MR) is 132 cm³/mol. The van der Waals surface area contributed by atoms with Crippen LogP contribution in [0.25, 0.3) is 11.0 Å².